The van der Waals surface area contributed by atoms with Crippen LogP contribution >= 0.6 is 12.2 Å². The number of aliphatic carboxylic acids is 1. The molecule has 15 heavy (non-hydrogen) atoms. The summed E-state index contributed by atoms with van der Waals surface area (Å²) in [6, 6.07) is -0.480. The van der Waals surface area contributed by atoms with Gasteiger partial charge in [-0.15, -0.1) is 0 Å². The highest BCUT2D eigenvalue weighted by atomic mass is 32.1. The molecule has 0 spiro atoms. The van der Waals surface area contributed by atoms with Crippen molar-refractivity contribution in [2.75, 3.05) is 21.1 Å². The van der Waals surface area contributed by atoms with E-state index in [1.54, 1.807) is 6.20 Å². The Morgan fingerprint density at radius 3 is 2.53 bits per heavy atom. The molecular formula is C9H16N3O2S+. The van der Waals surface area contributed by atoms with E-state index in [2.05, 4.69) is 9.97 Å². The Bertz CT molecular complexity index is 402. The molecule has 0 aliphatic rings. The minimum atomic E-state index is -0.803. The zero-order chi connectivity index (χ0) is 11.6. The number of carboxylic acids is 1. The zero-order valence-corrected chi connectivity index (χ0v) is 9.89. The van der Waals surface area contributed by atoms with Crippen LogP contribution in [0.4, 0.5) is 0 Å². The van der Waals surface area contributed by atoms with E-state index in [0.717, 1.165) is 5.69 Å². The molecule has 1 aromatic rings. The summed E-state index contributed by atoms with van der Waals surface area (Å²) in [5.41, 5.74) is 0.820. The largest absolute Gasteiger partial charge is 0.477 e. The average molecular weight is 230 g/mol. The number of hydrogen-bond acceptors (Lipinski definition) is 2. The fourth-order valence-corrected chi connectivity index (χ4v) is 1.57. The van der Waals surface area contributed by atoms with Crippen molar-refractivity contribution in [2.45, 2.75) is 12.5 Å². The predicted molar refractivity (Wildman–Crippen MR) is 59.1 cm³/mol. The molecule has 0 saturated heterocycles. The minimum absolute atomic E-state index is 0.376. The van der Waals surface area contributed by atoms with Crippen LogP contribution in [0.15, 0.2) is 6.20 Å². The molecule has 0 bridgehead atoms. The van der Waals surface area contributed by atoms with Gasteiger partial charge < -0.3 is 19.6 Å². The molecule has 0 unspecified atom stereocenters. The van der Waals surface area contributed by atoms with Crippen molar-refractivity contribution in [1.82, 2.24) is 9.97 Å². The maximum Gasteiger partial charge on any atom is 0.362 e. The second-order valence-corrected chi connectivity index (χ2v) is 4.85. The smallest absolute Gasteiger partial charge is 0.362 e. The van der Waals surface area contributed by atoms with E-state index in [0.29, 0.717) is 15.7 Å². The number of carbonyl (C=O) groups is 1. The van der Waals surface area contributed by atoms with Crippen molar-refractivity contribution < 1.29 is 14.4 Å². The quantitative estimate of drug-likeness (QED) is 0.529. The first-order valence-electron chi connectivity index (χ1n) is 4.61. The lowest BCUT2D eigenvalue weighted by atomic mass is 10.1. The lowest BCUT2D eigenvalue weighted by Gasteiger charge is -2.30. The lowest BCUT2D eigenvalue weighted by molar-refractivity contribution is -0.887. The van der Waals surface area contributed by atoms with Gasteiger partial charge in [0.25, 0.3) is 0 Å². The molecule has 6 heteroatoms. The Morgan fingerprint density at radius 1 is 1.60 bits per heavy atom. The number of nitrogens with zero attached hydrogens (tertiary/aromatic N) is 1. The molecule has 1 rings (SSSR count). The maximum atomic E-state index is 11.1. The van der Waals surface area contributed by atoms with Crippen molar-refractivity contribution in [3.8, 4) is 0 Å². The topological polar surface area (TPSA) is 68.9 Å². The van der Waals surface area contributed by atoms with Gasteiger partial charge in [0, 0.05) is 11.9 Å². The monoisotopic (exact) mass is 230 g/mol. The number of nitrogens with one attached hydrogen (secondary N) is 2. The third-order valence-corrected chi connectivity index (χ3v) is 2.50. The first-order chi connectivity index (χ1) is 6.80. The van der Waals surface area contributed by atoms with Crippen molar-refractivity contribution >= 4 is 18.2 Å². The second-order valence-electron chi connectivity index (χ2n) is 4.44. The summed E-state index contributed by atoms with van der Waals surface area (Å²) in [6.45, 7) is 0. The van der Waals surface area contributed by atoms with Crippen LogP contribution in [-0.2, 0) is 11.2 Å². The fourth-order valence-electron chi connectivity index (χ4n) is 1.38. The van der Waals surface area contributed by atoms with Crippen LogP contribution < -0.4 is 0 Å². The second kappa shape index (κ2) is 4.16. The van der Waals surface area contributed by atoms with Gasteiger partial charge in [0.05, 0.1) is 27.6 Å². The van der Waals surface area contributed by atoms with Crippen molar-refractivity contribution in [1.29, 1.82) is 0 Å². The molecule has 1 aromatic heterocycles. The summed E-state index contributed by atoms with van der Waals surface area (Å²) in [7, 11) is 5.58. The first kappa shape index (κ1) is 11.9. The van der Waals surface area contributed by atoms with Gasteiger partial charge in [0.2, 0.25) is 0 Å². The van der Waals surface area contributed by atoms with Gasteiger partial charge in [-0.3, -0.25) is 0 Å². The molecule has 0 aliphatic carbocycles. The molecule has 0 aromatic carbocycles. The summed E-state index contributed by atoms with van der Waals surface area (Å²) < 4.78 is 0.900. The summed E-state index contributed by atoms with van der Waals surface area (Å²) >= 11 is 4.88. The number of quaternary nitrogens is 1. The van der Waals surface area contributed by atoms with E-state index in [1.165, 1.54) is 0 Å². The molecule has 1 heterocycles. The number of hydrogen-bond donors (Lipinski definition) is 3. The number of aromatic amines is 2. The van der Waals surface area contributed by atoms with Gasteiger partial charge in [0.15, 0.2) is 10.8 Å². The fraction of sp³-hybridized carbons (Fsp3) is 0.556. The predicted octanol–water partition coefficient (Wildman–Crippen LogP) is 0.774. The van der Waals surface area contributed by atoms with E-state index in [-0.39, 0.29) is 0 Å². The molecule has 5 nitrogen and oxygen atoms in total. The molecule has 3 N–H and O–H groups in total. The third-order valence-electron chi connectivity index (χ3n) is 2.28. The van der Waals surface area contributed by atoms with Crippen molar-refractivity contribution in [2.24, 2.45) is 0 Å². The van der Waals surface area contributed by atoms with Gasteiger partial charge in [-0.2, -0.15) is 0 Å². The molecular weight excluding hydrogens is 214 g/mol. The average Bonchev–Trinajstić information content (AvgIpc) is 2.44. The molecule has 84 valence electrons. The van der Waals surface area contributed by atoms with E-state index >= 15 is 0 Å². The zero-order valence-electron chi connectivity index (χ0n) is 9.07. The lowest BCUT2D eigenvalue weighted by Crippen LogP contribution is -2.51. The summed E-state index contributed by atoms with van der Waals surface area (Å²) in [5, 5.41) is 9.11. The van der Waals surface area contributed by atoms with Crippen LogP contribution in [0.1, 0.15) is 5.69 Å². The first-order valence-corrected chi connectivity index (χ1v) is 5.02. The van der Waals surface area contributed by atoms with Crippen molar-refractivity contribution in [3.63, 3.8) is 0 Å². The standard InChI is InChI=1S/C9H15N3O2S/c1-12(2,3)7(8(13)14)4-6-5-10-9(15)11-6/h5,7H,4H2,1-3H3,(H2-,10,11,13,14,15)/p+1/t7-/m0/s1. The Morgan fingerprint density at radius 2 is 2.20 bits per heavy atom. The van der Waals surface area contributed by atoms with Gasteiger partial charge in [0.1, 0.15) is 0 Å². The van der Waals surface area contributed by atoms with Crippen LogP contribution in [-0.4, -0.2) is 52.7 Å². The Labute approximate surface area is 93.3 Å². The number of likely N-dealkylation sites (N-methyl/N-ethyl adjacent to an activating group) is 1. The number of H-pyrrole nitrogens is 2. The third kappa shape index (κ3) is 3.17. The number of rotatable bonds is 4. The molecule has 0 amide bonds. The van der Waals surface area contributed by atoms with Gasteiger partial charge in [-0.05, 0) is 12.2 Å². The van der Waals surface area contributed by atoms with Gasteiger partial charge in [-0.25, -0.2) is 4.79 Å². The molecule has 0 radical (unpaired) electrons. The summed E-state index contributed by atoms with van der Waals surface area (Å²) in [6.07, 6.45) is 2.15. The SMILES string of the molecule is C[N+](C)(C)[C@@H](Cc1c[nH]c(=S)[nH]1)C(=O)O. The van der Waals surface area contributed by atoms with Crippen LogP contribution in [0.25, 0.3) is 0 Å². The van der Waals surface area contributed by atoms with Crippen molar-refractivity contribution in [3.05, 3.63) is 16.7 Å². The number of imidazole rings is 1. The maximum absolute atomic E-state index is 11.1. The van der Waals surface area contributed by atoms with E-state index in [4.69, 9.17) is 17.3 Å². The Kier molecular flexibility index (Phi) is 3.31. The van der Waals surface area contributed by atoms with Crippen LogP contribution in [0, 0.1) is 4.77 Å². The molecule has 0 aliphatic heterocycles. The van der Waals surface area contributed by atoms with Gasteiger partial charge in [-0.1, -0.05) is 0 Å². The number of aromatic nitrogens is 2. The highest BCUT2D eigenvalue weighted by Crippen LogP contribution is 2.09. The molecule has 0 fully saturated rings. The molecule has 1 atom stereocenters. The number of carboxylic acid groups (broad SMARTS) is 1. The van der Waals surface area contributed by atoms with Crippen LogP contribution in [0.2, 0.25) is 0 Å². The summed E-state index contributed by atoms with van der Waals surface area (Å²) in [4.78, 5) is 16.8. The Balaban J connectivity index is 2.85. The highest BCUT2D eigenvalue weighted by molar-refractivity contribution is 7.71. The van der Waals surface area contributed by atoms with Crippen LogP contribution in [0.5, 0.6) is 0 Å². The van der Waals surface area contributed by atoms with Crippen LogP contribution in [0.3, 0.4) is 0 Å². The van der Waals surface area contributed by atoms with E-state index < -0.39 is 12.0 Å². The molecule has 0 saturated carbocycles. The summed E-state index contributed by atoms with van der Waals surface area (Å²) in [5.74, 6) is -0.803. The highest BCUT2D eigenvalue weighted by Gasteiger charge is 2.31. The normalized spacial score (nSPS) is 13.8. The van der Waals surface area contributed by atoms with E-state index in [1.807, 2.05) is 21.1 Å². The minimum Gasteiger partial charge on any atom is -0.477 e. The Hall–Kier alpha value is -1.14. The van der Waals surface area contributed by atoms with E-state index in [9.17, 15) is 4.79 Å². The van der Waals surface area contributed by atoms with Gasteiger partial charge >= 0.3 is 5.97 Å².